The lowest BCUT2D eigenvalue weighted by Crippen LogP contribution is -2.30. The molecule has 0 aromatic heterocycles. The van der Waals surface area contributed by atoms with Gasteiger partial charge in [0.2, 0.25) is 0 Å². The molecule has 1 atom stereocenters. The van der Waals surface area contributed by atoms with Crippen LogP contribution >= 0.6 is 39.3 Å². The minimum Gasteiger partial charge on any atom is -0.316 e. The van der Waals surface area contributed by atoms with Gasteiger partial charge in [0.05, 0.1) is 5.02 Å². The molecule has 1 unspecified atom stereocenters. The van der Waals surface area contributed by atoms with Crippen LogP contribution in [-0.2, 0) is 6.42 Å². The third-order valence-corrected chi connectivity index (χ3v) is 5.56. The molecule has 0 aliphatic heterocycles. The van der Waals surface area contributed by atoms with Crippen molar-refractivity contribution in [2.24, 2.45) is 0 Å². The Morgan fingerprint density at radius 1 is 1.15 bits per heavy atom. The maximum absolute atomic E-state index is 6.19. The highest BCUT2D eigenvalue weighted by molar-refractivity contribution is 9.10. The van der Waals surface area contributed by atoms with Gasteiger partial charge in [-0.05, 0) is 37.2 Å². The maximum atomic E-state index is 6.19. The van der Waals surface area contributed by atoms with Crippen LogP contribution in [0.3, 0.4) is 0 Å². The van der Waals surface area contributed by atoms with Crippen molar-refractivity contribution >= 4 is 39.3 Å². The first-order valence-corrected chi connectivity index (χ1v) is 8.64. The monoisotopic (exact) mass is 369 g/mol. The lowest BCUT2D eigenvalue weighted by atomic mass is 10.1. The van der Waals surface area contributed by atoms with Crippen molar-refractivity contribution in [3.63, 3.8) is 0 Å². The van der Waals surface area contributed by atoms with Crippen LogP contribution in [0.2, 0.25) is 5.02 Å². The SMILES string of the molecule is CNC(CSc1ccccc1Cl)Cc1ccccc1Br. The molecule has 0 heterocycles. The van der Waals surface area contributed by atoms with Gasteiger partial charge in [-0.3, -0.25) is 0 Å². The molecular formula is C16H17BrClNS. The van der Waals surface area contributed by atoms with Gasteiger partial charge in [0.1, 0.15) is 0 Å². The number of nitrogens with one attached hydrogen (secondary N) is 1. The smallest absolute Gasteiger partial charge is 0.0541 e. The van der Waals surface area contributed by atoms with Crippen molar-refractivity contribution in [3.05, 3.63) is 63.6 Å². The average Bonchev–Trinajstić information content (AvgIpc) is 2.47. The lowest BCUT2D eigenvalue weighted by Gasteiger charge is -2.17. The predicted octanol–water partition coefficient (Wildman–Crippen LogP) is 5.03. The highest BCUT2D eigenvalue weighted by Crippen LogP contribution is 2.28. The van der Waals surface area contributed by atoms with Crippen molar-refractivity contribution in [3.8, 4) is 0 Å². The van der Waals surface area contributed by atoms with E-state index in [4.69, 9.17) is 11.6 Å². The summed E-state index contributed by atoms with van der Waals surface area (Å²) >= 11 is 11.6. The molecule has 2 aromatic rings. The van der Waals surface area contributed by atoms with E-state index in [9.17, 15) is 0 Å². The van der Waals surface area contributed by atoms with E-state index in [1.165, 1.54) is 10.0 Å². The van der Waals surface area contributed by atoms with E-state index in [0.717, 1.165) is 22.1 Å². The van der Waals surface area contributed by atoms with Crippen LogP contribution in [0.5, 0.6) is 0 Å². The summed E-state index contributed by atoms with van der Waals surface area (Å²) in [5.74, 6) is 0.988. The zero-order valence-corrected chi connectivity index (χ0v) is 14.4. The van der Waals surface area contributed by atoms with Crippen LogP contribution in [0.1, 0.15) is 5.56 Å². The third-order valence-electron chi connectivity index (χ3n) is 3.11. The minimum absolute atomic E-state index is 0.412. The highest BCUT2D eigenvalue weighted by Gasteiger charge is 2.11. The average molecular weight is 371 g/mol. The summed E-state index contributed by atoms with van der Waals surface area (Å²) in [5, 5.41) is 4.21. The number of rotatable bonds is 6. The number of halogens is 2. The van der Waals surface area contributed by atoms with E-state index in [2.05, 4.69) is 45.5 Å². The van der Waals surface area contributed by atoms with Gasteiger partial charge in [-0.2, -0.15) is 0 Å². The predicted molar refractivity (Wildman–Crippen MR) is 92.9 cm³/mol. The first-order chi connectivity index (χ1) is 9.70. The number of hydrogen-bond donors (Lipinski definition) is 1. The number of hydrogen-bond acceptors (Lipinski definition) is 2. The van der Waals surface area contributed by atoms with Crippen LogP contribution in [-0.4, -0.2) is 18.8 Å². The van der Waals surface area contributed by atoms with Crippen molar-refractivity contribution in [2.45, 2.75) is 17.4 Å². The molecule has 4 heteroatoms. The van der Waals surface area contributed by atoms with Gasteiger partial charge in [-0.15, -0.1) is 11.8 Å². The van der Waals surface area contributed by atoms with Gasteiger partial charge in [0.25, 0.3) is 0 Å². The Morgan fingerprint density at radius 3 is 2.55 bits per heavy atom. The summed E-state index contributed by atoms with van der Waals surface area (Å²) in [6.45, 7) is 0. The van der Waals surface area contributed by atoms with Crippen LogP contribution in [0.25, 0.3) is 0 Å². The summed E-state index contributed by atoms with van der Waals surface area (Å²) in [5.41, 5.74) is 1.33. The molecule has 0 fully saturated rings. The molecule has 0 saturated carbocycles. The second-order valence-corrected chi connectivity index (χ2v) is 6.85. The third kappa shape index (κ3) is 4.52. The fourth-order valence-electron chi connectivity index (χ4n) is 1.93. The van der Waals surface area contributed by atoms with E-state index < -0.39 is 0 Å². The molecule has 2 rings (SSSR count). The summed E-state index contributed by atoms with van der Waals surface area (Å²) < 4.78 is 1.17. The van der Waals surface area contributed by atoms with E-state index in [1.807, 2.05) is 31.3 Å². The molecule has 2 aromatic carbocycles. The number of thioether (sulfide) groups is 1. The quantitative estimate of drug-likeness (QED) is 0.716. The highest BCUT2D eigenvalue weighted by atomic mass is 79.9. The molecule has 0 spiro atoms. The number of likely N-dealkylation sites (N-methyl/N-ethyl adjacent to an activating group) is 1. The lowest BCUT2D eigenvalue weighted by molar-refractivity contribution is 0.616. The second kappa shape index (κ2) is 8.08. The summed E-state index contributed by atoms with van der Waals surface area (Å²) in [4.78, 5) is 1.14. The molecular weight excluding hydrogens is 354 g/mol. The zero-order valence-electron chi connectivity index (χ0n) is 11.3. The molecule has 0 aliphatic rings. The first kappa shape index (κ1) is 15.9. The van der Waals surface area contributed by atoms with Gasteiger partial charge in [0.15, 0.2) is 0 Å². The standard InChI is InChI=1S/C16H17BrClNS/c1-19-13(10-12-6-2-3-7-14(12)17)11-20-16-9-5-4-8-15(16)18/h2-9,13,19H,10-11H2,1H3. The molecule has 106 valence electrons. The summed E-state index contributed by atoms with van der Waals surface area (Å²) in [6, 6.07) is 16.8. The van der Waals surface area contributed by atoms with Gasteiger partial charge in [-0.1, -0.05) is 57.9 Å². The van der Waals surface area contributed by atoms with Crippen molar-refractivity contribution in [1.82, 2.24) is 5.32 Å². The topological polar surface area (TPSA) is 12.0 Å². The van der Waals surface area contributed by atoms with E-state index in [0.29, 0.717) is 6.04 Å². The van der Waals surface area contributed by atoms with Gasteiger partial charge < -0.3 is 5.32 Å². The normalized spacial score (nSPS) is 12.3. The molecule has 1 nitrogen and oxygen atoms in total. The van der Waals surface area contributed by atoms with Crippen molar-refractivity contribution < 1.29 is 0 Å². The van der Waals surface area contributed by atoms with Crippen molar-refractivity contribution in [2.75, 3.05) is 12.8 Å². The van der Waals surface area contributed by atoms with Crippen molar-refractivity contribution in [1.29, 1.82) is 0 Å². The van der Waals surface area contributed by atoms with Gasteiger partial charge in [-0.25, -0.2) is 0 Å². The van der Waals surface area contributed by atoms with E-state index in [-0.39, 0.29) is 0 Å². The van der Waals surface area contributed by atoms with Gasteiger partial charge >= 0.3 is 0 Å². The maximum Gasteiger partial charge on any atom is 0.0541 e. The zero-order chi connectivity index (χ0) is 14.4. The molecule has 0 saturated heterocycles. The molecule has 0 amide bonds. The van der Waals surface area contributed by atoms with Crippen LogP contribution in [0, 0.1) is 0 Å². The first-order valence-electron chi connectivity index (χ1n) is 6.48. The Balaban J connectivity index is 1.96. The molecule has 0 bridgehead atoms. The summed E-state index contributed by atoms with van der Waals surface area (Å²) in [6.07, 6.45) is 0.995. The minimum atomic E-state index is 0.412. The Kier molecular flexibility index (Phi) is 6.43. The molecule has 1 N–H and O–H groups in total. The van der Waals surface area contributed by atoms with E-state index in [1.54, 1.807) is 11.8 Å². The largest absolute Gasteiger partial charge is 0.316 e. The number of benzene rings is 2. The molecule has 0 radical (unpaired) electrons. The fourth-order valence-corrected chi connectivity index (χ4v) is 3.72. The van der Waals surface area contributed by atoms with Crippen LogP contribution < -0.4 is 5.32 Å². The summed E-state index contributed by atoms with van der Waals surface area (Å²) in [7, 11) is 2.01. The second-order valence-electron chi connectivity index (χ2n) is 4.52. The Morgan fingerprint density at radius 2 is 1.85 bits per heavy atom. The Labute approximate surface area is 138 Å². The van der Waals surface area contributed by atoms with Crippen LogP contribution in [0.4, 0.5) is 0 Å². The van der Waals surface area contributed by atoms with E-state index >= 15 is 0 Å². The fraction of sp³-hybridized carbons (Fsp3) is 0.250. The van der Waals surface area contributed by atoms with Crippen LogP contribution in [0.15, 0.2) is 57.9 Å². The molecule has 20 heavy (non-hydrogen) atoms. The van der Waals surface area contributed by atoms with Gasteiger partial charge in [0, 0.05) is 21.2 Å². The Hall–Kier alpha value is -0.480. The molecule has 0 aliphatic carbocycles. The Bertz CT molecular complexity index is 562.